The molecule has 0 bridgehead atoms. The summed E-state index contributed by atoms with van der Waals surface area (Å²) in [7, 11) is 0. The highest BCUT2D eigenvalue weighted by molar-refractivity contribution is 6.07. The Kier molecular flexibility index (Phi) is 4.89. The fourth-order valence-corrected chi connectivity index (χ4v) is 2.35. The SMILES string of the molecule is CC(C(=O)Nc1ccccc1NC(=O)c1ccccc1)n1cccn1. The van der Waals surface area contributed by atoms with E-state index in [-0.39, 0.29) is 11.8 Å². The Morgan fingerprint density at radius 3 is 2.20 bits per heavy atom. The van der Waals surface area contributed by atoms with Gasteiger partial charge in [0.05, 0.1) is 11.4 Å². The van der Waals surface area contributed by atoms with Crippen molar-refractivity contribution < 1.29 is 9.59 Å². The molecule has 3 rings (SSSR count). The number of carbonyl (C=O) groups excluding carboxylic acids is 2. The molecule has 2 amide bonds. The Bertz CT molecular complexity index is 860. The molecule has 0 radical (unpaired) electrons. The summed E-state index contributed by atoms with van der Waals surface area (Å²) in [5.74, 6) is -0.451. The van der Waals surface area contributed by atoms with Gasteiger partial charge in [-0.3, -0.25) is 14.3 Å². The number of carbonyl (C=O) groups is 2. The van der Waals surface area contributed by atoms with Gasteiger partial charge in [0, 0.05) is 18.0 Å². The first-order chi connectivity index (χ1) is 12.1. The molecule has 0 fully saturated rings. The first-order valence-electron chi connectivity index (χ1n) is 7.90. The van der Waals surface area contributed by atoms with Crippen molar-refractivity contribution in [1.29, 1.82) is 0 Å². The maximum Gasteiger partial charge on any atom is 0.255 e. The van der Waals surface area contributed by atoms with Crippen LogP contribution in [0.1, 0.15) is 23.3 Å². The van der Waals surface area contributed by atoms with E-state index >= 15 is 0 Å². The molecule has 1 atom stereocenters. The van der Waals surface area contributed by atoms with Crippen LogP contribution in [0.5, 0.6) is 0 Å². The van der Waals surface area contributed by atoms with Crippen LogP contribution in [-0.2, 0) is 4.79 Å². The van der Waals surface area contributed by atoms with E-state index in [9.17, 15) is 9.59 Å². The monoisotopic (exact) mass is 334 g/mol. The van der Waals surface area contributed by atoms with Crippen molar-refractivity contribution in [2.75, 3.05) is 10.6 Å². The molecule has 2 aromatic carbocycles. The second kappa shape index (κ2) is 7.44. The molecular weight excluding hydrogens is 316 g/mol. The molecule has 0 aliphatic heterocycles. The summed E-state index contributed by atoms with van der Waals surface area (Å²) in [5.41, 5.74) is 1.63. The molecular formula is C19H18N4O2. The van der Waals surface area contributed by atoms with Crippen molar-refractivity contribution in [1.82, 2.24) is 9.78 Å². The minimum absolute atomic E-state index is 0.217. The third-order valence-corrected chi connectivity index (χ3v) is 3.77. The van der Waals surface area contributed by atoms with Crippen LogP contribution in [0.25, 0.3) is 0 Å². The predicted octanol–water partition coefficient (Wildman–Crippen LogP) is 3.34. The lowest BCUT2D eigenvalue weighted by atomic mass is 10.2. The Morgan fingerprint density at radius 2 is 1.56 bits per heavy atom. The second-order valence-electron chi connectivity index (χ2n) is 5.52. The van der Waals surface area contributed by atoms with E-state index in [4.69, 9.17) is 0 Å². The summed E-state index contributed by atoms with van der Waals surface area (Å²) in [6.07, 6.45) is 3.35. The van der Waals surface area contributed by atoms with Gasteiger partial charge in [-0.25, -0.2) is 0 Å². The van der Waals surface area contributed by atoms with E-state index < -0.39 is 6.04 Å². The average Bonchev–Trinajstić information content (AvgIpc) is 3.18. The molecule has 1 aromatic heterocycles. The van der Waals surface area contributed by atoms with Gasteiger partial charge < -0.3 is 10.6 Å². The molecule has 25 heavy (non-hydrogen) atoms. The third-order valence-electron chi connectivity index (χ3n) is 3.77. The molecule has 126 valence electrons. The lowest BCUT2D eigenvalue weighted by molar-refractivity contribution is -0.119. The van der Waals surface area contributed by atoms with E-state index in [1.807, 2.05) is 6.07 Å². The van der Waals surface area contributed by atoms with Gasteiger partial charge >= 0.3 is 0 Å². The van der Waals surface area contributed by atoms with Crippen molar-refractivity contribution >= 4 is 23.2 Å². The fraction of sp³-hybridized carbons (Fsp3) is 0.105. The summed E-state index contributed by atoms with van der Waals surface area (Å²) >= 11 is 0. The van der Waals surface area contributed by atoms with Crippen molar-refractivity contribution in [2.45, 2.75) is 13.0 Å². The molecule has 0 saturated heterocycles. The van der Waals surface area contributed by atoms with E-state index in [1.54, 1.807) is 78.6 Å². The maximum atomic E-state index is 12.4. The number of aromatic nitrogens is 2. The van der Waals surface area contributed by atoms with Gasteiger partial charge in [0.2, 0.25) is 5.91 Å². The van der Waals surface area contributed by atoms with Crippen LogP contribution >= 0.6 is 0 Å². The van der Waals surface area contributed by atoms with Crippen molar-refractivity contribution in [3.05, 3.63) is 78.6 Å². The molecule has 1 unspecified atom stereocenters. The highest BCUT2D eigenvalue weighted by atomic mass is 16.2. The van der Waals surface area contributed by atoms with Crippen LogP contribution in [0, 0.1) is 0 Å². The zero-order valence-electron chi connectivity index (χ0n) is 13.7. The molecule has 6 nitrogen and oxygen atoms in total. The number of anilines is 2. The fourth-order valence-electron chi connectivity index (χ4n) is 2.35. The lowest BCUT2D eigenvalue weighted by Crippen LogP contribution is -2.24. The lowest BCUT2D eigenvalue weighted by Gasteiger charge is -2.15. The van der Waals surface area contributed by atoms with E-state index in [0.717, 1.165) is 0 Å². The minimum atomic E-state index is -0.465. The Morgan fingerprint density at radius 1 is 0.920 bits per heavy atom. The first-order valence-corrected chi connectivity index (χ1v) is 7.90. The van der Waals surface area contributed by atoms with Gasteiger partial charge in [0.25, 0.3) is 5.91 Å². The highest BCUT2D eigenvalue weighted by Crippen LogP contribution is 2.23. The van der Waals surface area contributed by atoms with Gasteiger partial charge in [-0.1, -0.05) is 30.3 Å². The topological polar surface area (TPSA) is 76.0 Å². The third kappa shape index (κ3) is 3.92. The zero-order valence-corrected chi connectivity index (χ0v) is 13.7. The van der Waals surface area contributed by atoms with Gasteiger partial charge in [0.15, 0.2) is 0 Å². The smallest absolute Gasteiger partial charge is 0.255 e. The van der Waals surface area contributed by atoms with E-state index in [0.29, 0.717) is 16.9 Å². The molecule has 0 aliphatic rings. The van der Waals surface area contributed by atoms with Gasteiger partial charge in [-0.2, -0.15) is 5.10 Å². The second-order valence-corrected chi connectivity index (χ2v) is 5.52. The Hall–Kier alpha value is -3.41. The number of hydrogen-bond acceptors (Lipinski definition) is 3. The molecule has 6 heteroatoms. The Labute approximate surface area is 145 Å². The minimum Gasteiger partial charge on any atom is -0.322 e. The van der Waals surface area contributed by atoms with Crippen LogP contribution in [0.4, 0.5) is 11.4 Å². The number of benzene rings is 2. The van der Waals surface area contributed by atoms with Crippen LogP contribution in [0.3, 0.4) is 0 Å². The zero-order chi connectivity index (χ0) is 17.6. The number of hydrogen-bond donors (Lipinski definition) is 2. The summed E-state index contributed by atoms with van der Waals surface area (Å²) in [5, 5.41) is 9.75. The maximum absolute atomic E-state index is 12.4. The largest absolute Gasteiger partial charge is 0.322 e. The van der Waals surface area contributed by atoms with Gasteiger partial charge in [-0.15, -0.1) is 0 Å². The molecule has 1 heterocycles. The molecule has 0 spiro atoms. The van der Waals surface area contributed by atoms with Crippen LogP contribution in [-0.4, -0.2) is 21.6 Å². The number of nitrogens with zero attached hydrogens (tertiary/aromatic N) is 2. The first kappa shape index (κ1) is 16.4. The number of nitrogens with one attached hydrogen (secondary N) is 2. The number of amides is 2. The molecule has 0 saturated carbocycles. The Balaban J connectivity index is 1.75. The molecule has 0 aliphatic carbocycles. The summed E-state index contributed by atoms with van der Waals surface area (Å²) < 4.78 is 1.57. The van der Waals surface area contributed by atoms with E-state index in [1.165, 1.54) is 0 Å². The average molecular weight is 334 g/mol. The van der Waals surface area contributed by atoms with Crippen molar-refractivity contribution in [3.63, 3.8) is 0 Å². The number of rotatable bonds is 5. The quantitative estimate of drug-likeness (QED) is 0.751. The number of para-hydroxylation sites is 2. The van der Waals surface area contributed by atoms with Crippen LogP contribution < -0.4 is 10.6 Å². The van der Waals surface area contributed by atoms with Gasteiger partial charge in [0.1, 0.15) is 6.04 Å². The normalized spacial score (nSPS) is 11.6. The molecule has 3 aromatic rings. The summed E-state index contributed by atoms with van der Waals surface area (Å²) in [4.78, 5) is 24.8. The standard InChI is InChI=1S/C19H18N4O2/c1-14(23-13-7-12-20-23)18(24)21-16-10-5-6-11-17(16)22-19(25)15-8-3-2-4-9-15/h2-14H,1H3,(H,21,24)(H,22,25). The summed E-state index contributed by atoms with van der Waals surface area (Å²) in [6.45, 7) is 1.76. The van der Waals surface area contributed by atoms with Gasteiger partial charge in [-0.05, 0) is 37.3 Å². The van der Waals surface area contributed by atoms with Crippen LogP contribution in [0.2, 0.25) is 0 Å². The summed E-state index contributed by atoms with van der Waals surface area (Å²) in [6, 6.07) is 17.3. The van der Waals surface area contributed by atoms with E-state index in [2.05, 4.69) is 15.7 Å². The predicted molar refractivity (Wildman–Crippen MR) is 96.4 cm³/mol. The van der Waals surface area contributed by atoms with Crippen molar-refractivity contribution in [2.24, 2.45) is 0 Å². The van der Waals surface area contributed by atoms with Crippen molar-refractivity contribution in [3.8, 4) is 0 Å². The highest BCUT2D eigenvalue weighted by Gasteiger charge is 2.17. The van der Waals surface area contributed by atoms with Crippen LogP contribution in [0.15, 0.2) is 73.1 Å². The molecule has 2 N–H and O–H groups in total.